The van der Waals surface area contributed by atoms with Crippen LogP contribution >= 0.6 is 11.8 Å². The molecule has 15 heavy (non-hydrogen) atoms. The normalized spacial score (nSPS) is 9.73. The Morgan fingerprint density at radius 2 is 2.20 bits per heavy atom. The second-order valence-corrected chi connectivity index (χ2v) is 4.02. The molecular formula is C11H16N2OS. The Kier molecular flexibility index (Phi) is 5.04. The molecule has 82 valence electrons. The van der Waals surface area contributed by atoms with Gasteiger partial charge in [-0.05, 0) is 24.5 Å². The van der Waals surface area contributed by atoms with E-state index in [1.807, 2.05) is 12.1 Å². The van der Waals surface area contributed by atoms with E-state index in [1.54, 1.807) is 11.8 Å². The van der Waals surface area contributed by atoms with Crippen molar-refractivity contribution in [1.29, 1.82) is 0 Å². The van der Waals surface area contributed by atoms with Crippen molar-refractivity contribution >= 4 is 23.4 Å². The maximum atomic E-state index is 10.6. The van der Waals surface area contributed by atoms with Gasteiger partial charge in [0.05, 0.1) is 0 Å². The van der Waals surface area contributed by atoms with Crippen LogP contribution in [-0.2, 0) is 4.79 Å². The van der Waals surface area contributed by atoms with Crippen molar-refractivity contribution in [3.8, 4) is 0 Å². The lowest BCUT2D eigenvalue weighted by Crippen LogP contribution is -2.26. The van der Waals surface area contributed by atoms with Gasteiger partial charge in [0.15, 0.2) is 0 Å². The number of amides is 1. The lowest BCUT2D eigenvalue weighted by Gasteiger charge is -2.07. The van der Waals surface area contributed by atoms with Gasteiger partial charge in [-0.25, -0.2) is 0 Å². The van der Waals surface area contributed by atoms with Gasteiger partial charge in [0, 0.05) is 30.6 Å². The van der Waals surface area contributed by atoms with Crippen LogP contribution in [0.4, 0.5) is 5.69 Å². The highest BCUT2D eigenvalue weighted by Gasteiger charge is 1.94. The summed E-state index contributed by atoms with van der Waals surface area (Å²) in [4.78, 5) is 11.8. The molecule has 1 aromatic rings. The Bertz CT molecular complexity index is 328. The lowest BCUT2D eigenvalue weighted by molar-refractivity contribution is -0.118. The molecule has 0 fully saturated rings. The van der Waals surface area contributed by atoms with Crippen LogP contribution in [-0.4, -0.2) is 25.3 Å². The van der Waals surface area contributed by atoms with E-state index >= 15 is 0 Å². The summed E-state index contributed by atoms with van der Waals surface area (Å²) in [6, 6.07) is 8.21. The van der Waals surface area contributed by atoms with Gasteiger partial charge >= 0.3 is 0 Å². The molecule has 0 aliphatic heterocycles. The third-order valence-corrected chi connectivity index (χ3v) is 2.62. The number of carbonyl (C=O) groups is 1. The summed E-state index contributed by atoms with van der Waals surface area (Å²) in [7, 11) is 0. The summed E-state index contributed by atoms with van der Waals surface area (Å²) in [6.07, 6.45) is 2.05. The largest absolute Gasteiger partial charge is 0.383 e. The minimum Gasteiger partial charge on any atom is -0.383 e. The van der Waals surface area contributed by atoms with E-state index in [-0.39, 0.29) is 5.91 Å². The monoisotopic (exact) mass is 224 g/mol. The van der Waals surface area contributed by atoms with Crippen molar-refractivity contribution in [3.63, 3.8) is 0 Å². The summed E-state index contributed by atoms with van der Waals surface area (Å²) in [5.41, 5.74) is 1.09. The van der Waals surface area contributed by atoms with E-state index in [0.717, 1.165) is 12.2 Å². The van der Waals surface area contributed by atoms with Crippen molar-refractivity contribution in [2.24, 2.45) is 0 Å². The van der Waals surface area contributed by atoms with E-state index in [0.29, 0.717) is 6.54 Å². The first-order valence-electron chi connectivity index (χ1n) is 4.84. The predicted octanol–water partition coefficient (Wildman–Crippen LogP) is 1.96. The first-order chi connectivity index (χ1) is 7.22. The minimum atomic E-state index is 0.00895. The summed E-state index contributed by atoms with van der Waals surface area (Å²) < 4.78 is 0. The number of benzene rings is 1. The van der Waals surface area contributed by atoms with Crippen molar-refractivity contribution in [2.45, 2.75) is 11.8 Å². The van der Waals surface area contributed by atoms with Crippen LogP contribution in [0, 0.1) is 0 Å². The summed E-state index contributed by atoms with van der Waals surface area (Å²) in [6.45, 7) is 2.92. The molecule has 0 heterocycles. The fraction of sp³-hybridized carbons (Fsp3) is 0.364. The molecule has 0 radical (unpaired) electrons. The second-order valence-electron chi connectivity index (χ2n) is 3.14. The number of thioether (sulfide) groups is 1. The van der Waals surface area contributed by atoms with Gasteiger partial charge < -0.3 is 10.6 Å². The van der Waals surface area contributed by atoms with E-state index in [2.05, 4.69) is 29.0 Å². The van der Waals surface area contributed by atoms with Crippen LogP contribution in [0.15, 0.2) is 29.2 Å². The number of rotatable bonds is 5. The molecule has 2 N–H and O–H groups in total. The average molecular weight is 224 g/mol. The van der Waals surface area contributed by atoms with Gasteiger partial charge in [-0.15, -0.1) is 11.8 Å². The smallest absolute Gasteiger partial charge is 0.216 e. The van der Waals surface area contributed by atoms with Crippen molar-refractivity contribution in [2.75, 3.05) is 24.7 Å². The Labute approximate surface area is 94.6 Å². The molecule has 3 nitrogen and oxygen atoms in total. The second kappa shape index (κ2) is 6.35. The summed E-state index contributed by atoms with van der Waals surface area (Å²) in [5, 5.41) is 5.98. The van der Waals surface area contributed by atoms with E-state index in [9.17, 15) is 4.79 Å². The molecule has 0 aliphatic carbocycles. The van der Waals surface area contributed by atoms with Gasteiger partial charge in [0.25, 0.3) is 0 Å². The molecule has 0 saturated heterocycles. The Hall–Kier alpha value is -1.16. The fourth-order valence-electron chi connectivity index (χ4n) is 1.18. The van der Waals surface area contributed by atoms with Gasteiger partial charge in [0.1, 0.15) is 0 Å². The van der Waals surface area contributed by atoms with Gasteiger partial charge in [-0.3, -0.25) is 4.79 Å². The highest BCUT2D eigenvalue weighted by molar-refractivity contribution is 7.98. The third kappa shape index (κ3) is 4.74. The summed E-state index contributed by atoms with van der Waals surface area (Å²) >= 11 is 1.72. The van der Waals surface area contributed by atoms with Crippen LogP contribution in [0.25, 0.3) is 0 Å². The molecule has 1 aromatic carbocycles. The predicted molar refractivity (Wildman–Crippen MR) is 65.4 cm³/mol. The molecule has 0 bridgehead atoms. The number of nitrogens with one attached hydrogen (secondary N) is 2. The molecular weight excluding hydrogens is 208 g/mol. The standard InChI is InChI=1S/C11H16N2OS/c1-9(14)12-6-7-13-10-4-3-5-11(8-10)15-2/h3-5,8,13H,6-7H2,1-2H3,(H,12,14). The molecule has 0 unspecified atom stereocenters. The molecule has 0 atom stereocenters. The number of hydrogen-bond acceptors (Lipinski definition) is 3. The Morgan fingerprint density at radius 3 is 2.87 bits per heavy atom. The highest BCUT2D eigenvalue weighted by Crippen LogP contribution is 2.18. The van der Waals surface area contributed by atoms with Crippen LogP contribution in [0.5, 0.6) is 0 Å². The zero-order valence-electron chi connectivity index (χ0n) is 9.04. The first-order valence-corrected chi connectivity index (χ1v) is 6.07. The zero-order chi connectivity index (χ0) is 11.1. The van der Waals surface area contributed by atoms with E-state index < -0.39 is 0 Å². The maximum Gasteiger partial charge on any atom is 0.216 e. The first kappa shape index (κ1) is 11.9. The molecule has 1 amide bonds. The molecule has 0 spiro atoms. The molecule has 0 aromatic heterocycles. The van der Waals surface area contributed by atoms with Crippen LogP contribution in [0.1, 0.15) is 6.92 Å². The highest BCUT2D eigenvalue weighted by atomic mass is 32.2. The van der Waals surface area contributed by atoms with Crippen molar-refractivity contribution in [3.05, 3.63) is 24.3 Å². The molecule has 0 saturated carbocycles. The van der Waals surface area contributed by atoms with E-state index in [4.69, 9.17) is 0 Å². The number of hydrogen-bond donors (Lipinski definition) is 2. The number of carbonyl (C=O) groups excluding carboxylic acids is 1. The third-order valence-electron chi connectivity index (χ3n) is 1.90. The quantitative estimate of drug-likeness (QED) is 0.593. The topological polar surface area (TPSA) is 41.1 Å². The van der Waals surface area contributed by atoms with Gasteiger partial charge in [0.2, 0.25) is 5.91 Å². The zero-order valence-corrected chi connectivity index (χ0v) is 9.86. The fourth-order valence-corrected chi connectivity index (χ4v) is 1.64. The van der Waals surface area contributed by atoms with Crippen LogP contribution in [0.2, 0.25) is 0 Å². The SMILES string of the molecule is CSc1cccc(NCCNC(C)=O)c1. The molecule has 0 aliphatic rings. The van der Waals surface area contributed by atoms with E-state index in [1.165, 1.54) is 11.8 Å². The number of anilines is 1. The molecule has 1 rings (SSSR count). The van der Waals surface area contributed by atoms with Gasteiger partial charge in [-0.2, -0.15) is 0 Å². The Morgan fingerprint density at radius 1 is 1.40 bits per heavy atom. The van der Waals surface area contributed by atoms with Crippen molar-refractivity contribution < 1.29 is 4.79 Å². The van der Waals surface area contributed by atoms with Crippen LogP contribution < -0.4 is 10.6 Å². The van der Waals surface area contributed by atoms with Crippen molar-refractivity contribution in [1.82, 2.24) is 5.32 Å². The minimum absolute atomic E-state index is 0.00895. The maximum absolute atomic E-state index is 10.6. The summed E-state index contributed by atoms with van der Waals surface area (Å²) in [5.74, 6) is 0.00895. The Balaban J connectivity index is 2.33. The van der Waals surface area contributed by atoms with Gasteiger partial charge in [-0.1, -0.05) is 6.07 Å². The molecule has 4 heteroatoms. The van der Waals surface area contributed by atoms with Crippen LogP contribution in [0.3, 0.4) is 0 Å². The lowest BCUT2D eigenvalue weighted by atomic mass is 10.3. The average Bonchev–Trinajstić information content (AvgIpc) is 2.24.